The summed E-state index contributed by atoms with van der Waals surface area (Å²) >= 11 is 6.07. The zero-order valence-electron chi connectivity index (χ0n) is 19.2. The van der Waals surface area contributed by atoms with Crippen LogP contribution in [0, 0.1) is 0 Å². The zero-order chi connectivity index (χ0) is 22.9. The van der Waals surface area contributed by atoms with Crippen LogP contribution in [0.25, 0.3) is 0 Å². The van der Waals surface area contributed by atoms with Gasteiger partial charge in [0.15, 0.2) is 0 Å². The summed E-state index contributed by atoms with van der Waals surface area (Å²) in [6, 6.07) is 17.9. The fourth-order valence-corrected chi connectivity index (χ4v) is 4.32. The van der Waals surface area contributed by atoms with E-state index in [0.29, 0.717) is 18.2 Å². The lowest BCUT2D eigenvalue weighted by Gasteiger charge is -2.40. The molecule has 3 aromatic rings. The van der Waals surface area contributed by atoms with Crippen LogP contribution in [0.4, 0.5) is 0 Å². The number of likely N-dealkylation sites (tertiary alicyclic amines) is 1. The maximum absolute atomic E-state index is 6.07. The van der Waals surface area contributed by atoms with Gasteiger partial charge < -0.3 is 14.2 Å². The minimum absolute atomic E-state index is 0.266. The van der Waals surface area contributed by atoms with E-state index in [2.05, 4.69) is 28.2 Å². The Morgan fingerprint density at radius 1 is 1.00 bits per heavy atom. The monoisotopic (exact) mass is 469 g/mol. The van der Waals surface area contributed by atoms with Gasteiger partial charge in [-0.3, -0.25) is 9.58 Å². The molecule has 0 amide bonds. The highest BCUT2D eigenvalue weighted by molar-refractivity contribution is 6.30. The van der Waals surface area contributed by atoms with Crippen LogP contribution in [0.15, 0.2) is 67.0 Å². The second-order valence-electron chi connectivity index (χ2n) is 8.53. The highest BCUT2D eigenvalue weighted by atomic mass is 35.5. The summed E-state index contributed by atoms with van der Waals surface area (Å²) in [7, 11) is 1.78. The van der Waals surface area contributed by atoms with Gasteiger partial charge in [0.1, 0.15) is 23.7 Å². The van der Waals surface area contributed by atoms with E-state index in [9.17, 15) is 0 Å². The first-order valence-corrected chi connectivity index (χ1v) is 11.9. The number of piperidine rings is 1. The van der Waals surface area contributed by atoms with Crippen LogP contribution in [-0.2, 0) is 17.8 Å². The van der Waals surface area contributed by atoms with Crippen LogP contribution in [-0.4, -0.2) is 53.7 Å². The molecule has 7 heteroatoms. The van der Waals surface area contributed by atoms with E-state index in [1.165, 1.54) is 5.56 Å². The fourth-order valence-electron chi connectivity index (χ4n) is 4.14. The number of hydrogen-bond acceptors (Lipinski definition) is 5. The van der Waals surface area contributed by atoms with Crippen molar-refractivity contribution in [2.45, 2.75) is 38.0 Å². The van der Waals surface area contributed by atoms with Crippen molar-refractivity contribution in [1.29, 1.82) is 0 Å². The molecule has 0 atom stereocenters. The molecular weight excluding hydrogens is 438 g/mol. The molecular formula is C26H32ClN3O3. The molecule has 0 radical (unpaired) electrons. The third kappa shape index (κ3) is 6.97. The summed E-state index contributed by atoms with van der Waals surface area (Å²) in [5, 5.41) is 4.90. The molecule has 0 saturated carbocycles. The Morgan fingerprint density at radius 3 is 2.52 bits per heavy atom. The molecule has 1 fully saturated rings. The summed E-state index contributed by atoms with van der Waals surface area (Å²) in [6.45, 7) is 4.89. The third-order valence-electron chi connectivity index (χ3n) is 6.16. The van der Waals surface area contributed by atoms with Crippen molar-refractivity contribution in [1.82, 2.24) is 14.7 Å². The molecule has 33 heavy (non-hydrogen) atoms. The zero-order valence-corrected chi connectivity index (χ0v) is 19.9. The first-order chi connectivity index (χ1) is 16.1. The lowest BCUT2D eigenvalue weighted by atomic mass is 9.91. The third-order valence-corrected chi connectivity index (χ3v) is 6.40. The van der Waals surface area contributed by atoms with Crippen LogP contribution in [0.2, 0.25) is 5.02 Å². The number of aryl methyl sites for hydroxylation is 1. The maximum atomic E-state index is 6.07. The predicted molar refractivity (Wildman–Crippen MR) is 130 cm³/mol. The van der Waals surface area contributed by atoms with Crippen molar-refractivity contribution in [3.63, 3.8) is 0 Å². The van der Waals surface area contributed by atoms with Crippen LogP contribution in [0.5, 0.6) is 11.5 Å². The predicted octanol–water partition coefficient (Wildman–Crippen LogP) is 5.07. The lowest BCUT2D eigenvalue weighted by Crippen LogP contribution is -2.48. The first kappa shape index (κ1) is 23.6. The average molecular weight is 470 g/mol. The van der Waals surface area contributed by atoms with Gasteiger partial charge >= 0.3 is 0 Å². The van der Waals surface area contributed by atoms with Crippen molar-refractivity contribution < 1.29 is 14.2 Å². The van der Waals surface area contributed by atoms with Crippen molar-refractivity contribution in [2.24, 2.45) is 0 Å². The average Bonchev–Trinajstić information content (AvgIpc) is 3.36. The van der Waals surface area contributed by atoms with E-state index in [1.54, 1.807) is 13.3 Å². The number of benzene rings is 2. The van der Waals surface area contributed by atoms with Gasteiger partial charge in [0, 0.05) is 57.1 Å². The Balaban J connectivity index is 1.22. The lowest BCUT2D eigenvalue weighted by molar-refractivity contribution is -0.0839. The summed E-state index contributed by atoms with van der Waals surface area (Å²) in [5.74, 6) is 1.70. The molecule has 0 unspecified atom stereocenters. The van der Waals surface area contributed by atoms with Crippen molar-refractivity contribution in [3.05, 3.63) is 77.6 Å². The normalized spacial score (nSPS) is 15.9. The van der Waals surface area contributed by atoms with E-state index in [-0.39, 0.29) is 5.60 Å². The van der Waals surface area contributed by atoms with Crippen LogP contribution in [0.1, 0.15) is 24.8 Å². The van der Waals surface area contributed by atoms with Gasteiger partial charge in [-0.15, -0.1) is 0 Å². The van der Waals surface area contributed by atoms with E-state index < -0.39 is 0 Å². The number of aromatic nitrogens is 2. The van der Waals surface area contributed by atoms with Gasteiger partial charge in [0.05, 0.1) is 6.61 Å². The number of methoxy groups -OCH3 is 1. The Bertz CT molecular complexity index is 988. The second kappa shape index (κ2) is 11.5. The van der Waals surface area contributed by atoms with Crippen molar-refractivity contribution in [3.8, 4) is 11.5 Å². The second-order valence-corrected chi connectivity index (χ2v) is 8.96. The molecule has 176 valence electrons. The minimum Gasteiger partial charge on any atom is -0.494 e. The number of rotatable bonds is 11. The number of nitrogens with zero attached hydrogens (tertiary/aromatic N) is 3. The highest BCUT2D eigenvalue weighted by Crippen LogP contribution is 2.29. The van der Waals surface area contributed by atoms with E-state index in [1.807, 2.05) is 47.3 Å². The molecule has 0 bridgehead atoms. The molecule has 1 aliphatic heterocycles. The Labute approximate surface area is 201 Å². The molecule has 2 aromatic carbocycles. The largest absolute Gasteiger partial charge is 0.494 e. The highest BCUT2D eigenvalue weighted by Gasteiger charge is 2.35. The number of halogens is 1. The molecule has 4 rings (SSSR count). The summed E-state index contributed by atoms with van der Waals surface area (Å²) in [6.07, 6.45) is 6.55. The molecule has 0 N–H and O–H groups in total. The van der Waals surface area contributed by atoms with E-state index in [4.69, 9.17) is 25.8 Å². The van der Waals surface area contributed by atoms with Gasteiger partial charge in [-0.25, -0.2) is 0 Å². The van der Waals surface area contributed by atoms with Crippen LogP contribution in [0.3, 0.4) is 0 Å². The standard InChI is InChI=1S/C26H32ClN3O3/c1-31-26(21-33-25-9-3-7-23(27)19-25)10-15-29(16-11-26)20-22-6-2-8-24(18-22)32-17-5-14-30-13-4-12-28-30/h2-4,6-9,12-13,18-19H,5,10-11,14-17,20-21H2,1H3. The van der Waals surface area contributed by atoms with Gasteiger partial charge in [-0.2, -0.15) is 5.10 Å². The van der Waals surface area contributed by atoms with Gasteiger partial charge in [-0.05, 0) is 54.8 Å². The summed E-state index contributed by atoms with van der Waals surface area (Å²) in [5.41, 5.74) is 0.998. The van der Waals surface area contributed by atoms with Crippen molar-refractivity contribution >= 4 is 11.6 Å². The van der Waals surface area contributed by atoms with Crippen molar-refractivity contribution in [2.75, 3.05) is 33.4 Å². The molecule has 1 saturated heterocycles. The molecule has 0 aliphatic carbocycles. The van der Waals surface area contributed by atoms with E-state index >= 15 is 0 Å². The maximum Gasteiger partial charge on any atom is 0.120 e. The molecule has 1 aromatic heterocycles. The van der Waals surface area contributed by atoms with Gasteiger partial charge in [0.25, 0.3) is 0 Å². The van der Waals surface area contributed by atoms with Gasteiger partial charge in [-0.1, -0.05) is 29.8 Å². The van der Waals surface area contributed by atoms with Crippen LogP contribution >= 0.6 is 11.6 Å². The Kier molecular flexibility index (Phi) is 8.26. The molecule has 1 aliphatic rings. The number of ether oxygens (including phenoxy) is 3. The smallest absolute Gasteiger partial charge is 0.120 e. The molecule has 6 nitrogen and oxygen atoms in total. The topological polar surface area (TPSA) is 48.8 Å². The van der Waals surface area contributed by atoms with Crippen LogP contribution < -0.4 is 9.47 Å². The quantitative estimate of drug-likeness (QED) is 0.367. The Morgan fingerprint density at radius 2 is 1.79 bits per heavy atom. The minimum atomic E-state index is -0.266. The summed E-state index contributed by atoms with van der Waals surface area (Å²) < 4.78 is 19.8. The Hall–Kier alpha value is -2.54. The number of hydrogen-bond donors (Lipinski definition) is 0. The SMILES string of the molecule is COC1(COc2cccc(Cl)c2)CCN(Cc2cccc(OCCCn3cccn3)c2)CC1. The molecule has 2 heterocycles. The first-order valence-electron chi connectivity index (χ1n) is 11.5. The van der Waals surface area contributed by atoms with E-state index in [0.717, 1.165) is 56.9 Å². The van der Waals surface area contributed by atoms with Gasteiger partial charge in [0.2, 0.25) is 0 Å². The summed E-state index contributed by atoms with van der Waals surface area (Å²) in [4.78, 5) is 2.47. The molecule has 0 spiro atoms. The fraction of sp³-hybridized carbons (Fsp3) is 0.423.